The number of aliphatic carboxylic acids is 1. The van der Waals surface area contributed by atoms with E-state index in [2.05, 4.69) is 0 Å². The first-order valence-electron chi connectivity index (χ1n) is 5.41. The molecule has 1 atom stereocenters. The van der Waals surface area contributed by atoms with Gasteiger partial charge in [0.05, 0.1) is 0 Å². The molecule has 1 aliphatic rings. The maximum absolute atomic E-state index is 11.8. The van der Waals surface area contributed by atoms with Gasteiger partial charge in [-0.2, -0.15) is 0 Å². The SMILES string of the molecule is CC(C)(C)OC(=O)N1CCC[C@]1(C)C(=O)O.Cl. The molecule has 1 rings (SSSR count). The first-order valence-corrected chi connectivity index (χ1v) is 5.41. The minimum absolute atomic E-state index is 0. The fraction of sp³-hybridized carbons (Fsp3) is 0.818. The highest BCUT2D eigenvalue weighted by Crippen LogP contribution is 2.30. The van der Waals surface area contributed by atoms with E-state index in [1.54, 1.807) is 27.7 Å². The first-order chi connectivity index (χ1) is 7.17. The van der Waals surface area contributed by atoms with Gasteiger partial charge >= 0.3 is 12.1 Å². The van der Waals surface area contributed by atoms with Crippen LogP contribution in [0.25, 0.3) is 0 Å². The van der Waals surface area contributed by atoms with Crippen molar-refractivity contribution in [3.05, 3.63) is 0 Å². The Hall–Kier alpha value is -0.970. The molecule has 0 radical (unpaired) electrons. The number of carboxylic acid groups (broad SMARTS) is 1. The van der Waals surface area contributed by atoms with Crippen LogP contribution in [0, 0.1) is 0 Å². The van der Waals surface area contributed by atoms with E-state index in [4.69, 9.17) is 9.84 Å². The van der Waals surface area contributed by atoms with E-state index in [1.165, 1.54) is 4.90 Å². The van der Waals surface area contributed by atoms with Crippen LogP contribution in [0.4, 0.5) is 4.79 Å². The fourth-order valence-electron chi connectivity index (χ4n) is 1.80. The van der Waals surface area contributed by atoms with Crippen LogP contribution in [0.15, 0.2) is 0 Å². The molecule has 0 bridgehead atoms. The second kappa shape index (κ2) is 5.12. The minimum Gasteiger partial charge on any atom is -0.480 e. The van der Waals surface area contributed by atoms with Crippen molar-refractivity contribution in [1.82, 2.24) is 4.90 Å². The normalized spacial score (nSPS) is 24.1. The summed E-state index contributed by atoms with van der Waals surface area (Å²) >= 11 is 0. The van der Waals surface area contributed by atoms with Crippen molar-refractivity contribution >= 4 is 24.5 Å². The summed E-state index contributed by atoms with van der Waals surface area (Å²) in [7, 11) is 0. The molecule has 6 heteroatoms. The van der Waals surface area contributed by atoms with Crippen molar-refractivity contribution in [3.8, 4) is 0 Å². The number of rotatable bonds is 1. The summed E-state index contributed by atoms with van der Waals surface area (Å²) in [4.78, 5) is 24.3. The summed E-state index contributed by atoms with van der Waals surface area (Å²) in [6, 6.07) is 0. The first kappa shape index (κ1) is 16.0. The smallest absolute Gasteiger partial charge is 0.411 e. The lowest BCUT2D eigenvalue weighted by Crippen LogP contribution is -2.52. The zero-order valence-corrected chi connectivity index (χ0v) is 11.5. The van der Waals surface area contributed by atoms with Gasteiger partial charge < -0.3 is 9.84 Å². The van der Waals surface area contributed by atoms with Crippen molar-refractivity contribution in [1.29, 1.82) is 0 Å². The maximum atomic E-state index is 11.8. The van der Waals surface area contributed by atoms with Gasteiger partial charge in [-0.1, -0.05) is 0 Å². The molecule has 0 unspecified atom stereocenters. The molecule has 1 amide bonds. The molecule has 1 saturated heterocycles. The molecule has 0 aliphatic carbocycles. The number of carbonyl (C=O) groups is 2. The van der Waals surface area contributed by atoms with Crippen molar-refractivity contribution in [2.24, 2.45) is 0 Å². The Morgan fingerprint density at radius 3 is 2.29 bits per heavy atom. The molecule has 0 spiro atoms. The fourth-order valence-corrected chi connectivity index (χ4v) is 1.80. The number of amides is 1. The highest BCUT2D eigenvalue weighted by atomic mass is 35.5. The predicted molar refractivity (Wildman–Crippen MR) is 65.5 cm³/mol. The third kappa shape index (κ3) is 3.49. The third-order valence-electron chi connectivity index (χ3n) is 2.72. The van der Waals surface area contributed by atoms with Crippen LogP contribution >= 0.6 is 12.4 Å². The largest absolute Gasteiger partial charge is 0.480 e. The van der Waals surface area contributed by atoms with E-state index in [1.807, 2.05) is 0 Å². The van der Waals surface area contributed by atoms with Crippen LogP contribution in [0.3, 0.4) is 0 Å². The Balaban J connectivity index is 0.00000256. The average molecular weight is 266 g/mol. The van der Waals surface area contributed by atoms with E-state index >= 15 is 0 Å². The number of likely N-dealkylation sites (tertiary alicyclic amines) is 1. The molecule has 0 aromatic carbocycles. The molecule has 0 aromatic rings. The molecule has 100 valence electrons. The van der Waals surface area contributed by atoms with Gasteiger partial charge in [0, 0.05) is 6.54 Å². The van der Waals surface area contributed by atoms with Gasteiger partial charge in [-0.3, -0.25) is 4.90 Å². The van der Waals surface area contributed by atoms with E-state index in [-0.39, 0.29) is 12.4 Å². The van der Waals surface area contributed by atoms with Crippen molar-refractivity contribution in [2.75, 3.05) is 6.54 Å². The Labute approximate surface area is 108 Å². The number of carboxylic acids is 1. The maximum Gasteiger partial charge on any atom is 0.411 e. The molecule has 1 N–H and O–H groups in total. The Morgan fingerprint density at radius 2 is 1.88 bits per heavy atom. The summed E-state index contributed by atoms with van der Waals surface area (Å²) in [5, 5.41) is 9.14. The highest BCUT2D eigenvalue weighted by molar-refractivity contribution is 5.85. The molecule has 1 heterocycles. The van der Waals surface area contributed by atoms with E-state index in [9.17, 15) is 9.59 Å². The molecule has 1 fully saturated rings. The summed E-state index contributed by atoms with van der Waals surface area (Å²) in [6.07, 6.45) is 0.624. The Morgan fingerprint density at radius 1 is 1.35 bits per heavy atom. The van der Waals surface area contributed by atoms with Crippen LogP contribution in [-0.4, -0.2) is 39.8 Å². The quantitative estimate of drug-likeness (QED) is 0.790. The Kier molecular flexibility index (Phi) is 4.83. The number of hydrogen-bond acceptors (Lipinski definition) is 3. The topological polar surface area (TPSA) is 66.8 Å². The molecule has 17 heavy (non-hydrogen) atoms. The second-order valence-electron chi connectivity index (χ2n) is 5.31. The van der Waals surface area contributed by atoms with Gasteiger partial charge in [-0.15, -0.1) is 12.4 Å². The van der Waals surface area contributed by atoms with Gasteiger partial charge in [0.15, 0.2) is 0 Å². The number of hydrogen-bond donors (Lipinski definition) is 1. The number of nitrogens with zero attached hydrogens (tertiary/aromatic N) is 1. The summed E-state index contributed by atoms with van der Waals surface area (Å²) in [5.74, 6) is -0.976. The van der Waals surface area contributed by atoms with Crippen molar-refractivity contribution in [2.45, 2.75) is 51.7 Å². The van der Waals surface area contributed by atoms with Crippen LogP contribution in [-0.2, 0) is 9.53 Å². The lowest BCUT2D eigenvalue weighted by molar-refractivity contribution is -0.148. The lowest BCUT2D eigenvalue weighted by atomic mass is 10.00. The number of ether oxygens (including phenoxy) is 1. The zero-order valence-electron chi connectivity index (χ0n) is 10.6. The number of carbonyl (C=O) groups excluding carboxylic acids is 1. The molecule has 1 aliphatic heterocycles. The van der Waals surface area contributed by atoms with Crippen LogP contribution < -0.4 is 0 Å². The van der Waals surface area contributed by atoms with E-state index in [0.29, 0.717) is 19.4 Å². The van der Waals surface area contributed by atoms with Crippen LogP contribution in [0.5, 0.6) is 0 Å². The van der Waals surface area contributed by atoms with Crippen LogP contribution in [0.1, 0.15) is 40.5 Å². The zero-order chi connectivity index (χ0) is 12.6. The van der Waals surface area contributed by atoms with Gasteiger partial charge in [0.1, 0.15) is 11.1 Å². The van der Waals surface area contributed by atoms with E-state index in [0.717, 1.165) is 0 Å². The van der Waals surface area contributed by atoms with Crippen LogP contribution in [0.2, 0.25) is 0 Å². The minimum atomic E-state index is -1.12. The molecular formula is C11H20ClNO4. The number of halogens is 1. The monoisotopic (exact) mass is 265 g/mol. The van der Waals surface area contributed by atoms with Gasteiger partial charge in [0.25, 0.3) is 0 Å². The lowest BCUT2D eigenvalue weighted by Gasteiger charge is -2.32. The van der Waals surface area contributed by atoms with Crippen molar-refractivity contribution in [3.63, 3.8) is 0 Å². The predicted octanol–water partition coefficient (Wildman–Crippen LogP) is 2.28. The van der Waals surface area contributed by atoms with E-state index < -0.39 is 23.2 Å². The van der Waals surface area contributed by atoms with Gasteiger partial charge in [0.2, 0.25) is 0 Å². The summed E-state index contributed by atoms with van der Waals surface area (Å²) in [6.45, 7) is 7.29. The second-order valence-corrected chi connectivity index (χ2v) is 5.31. The molecule has 5 nitrogen and oxygen atoms in total. The standard InChI is InChI=1S/C11H19NO4.ClH/c1-10(2,3)16-9(15)12-7-5-6-11(12,4)8(13)14;/h5-7H2,1-4H3,(H,13,14);1H/t11-;/m1./s1. The third-order valence-corrected chi connectivity index (χ3v) is 2.72. The van der Waals surface area contributed by atoms with Gasteiger partial charge in [-0.25, -0.2) is 9.59 Å². The summed E-state index contributed by atoms with van der Waals surface area (Å²) in [5.41, 5.74) is -1.72. The molecule has 0 aromatic heterocycles. The van der Waals surface area contributed by atoms with Gasteiger partial charge in [-0.05, 0) is 40.5 Å². The Bertz CT molecular complexity index is 313. The summed E-state index contributed by atoms with van der Waals surface area (Å²) < 4.78 is 5.19. The molecular weight excluding hydrogens is 246 g/mol. The van der Waals surface area contributed by atoms with Crippen molar-refractivity contribution < 1.29 is 19.4 Å². The molecule has 0 saturated carbocycles. The average Bonchev–Trinajstić information content (AvgIpc) is 2.45. The highest BCUT2D eigenvalue weighted by Gasteiger charge is 2.47.